The maximum absolute atomic E-state index is 12.5. The third kappa shape index (κ3) is 3.41. The van der Waals surface area contributed by atoms with Gasteiger partial charge in [-0.1, -0.05) is 30.3 Å². The maximum Gasteiger partial charge on any atom is 0.242 e. The number of carbonyl (C=O) groups is 2. The Morgan fingerprint density at radius 2 is 2.00 bits per heavy atom. The maximum atomic E-state index is 12.5. The van der Waals surface area contributed by atoms with E-state index in [2.05, 4.69) is 4.98 Å². The van der Waals surface area contributed by atoms with E-state index < -0.39 is 0 Å². The molecule has 1 aromatic heterocycles. The van der Waals surface area contributed by atoms with E-state index in [1.807, 2.05) is 40.1 Å². The summed E-state index contributed by atoms with van der Waals surface area (Å²) in [6.45, 7) is 3.51. The Kier molecular flexibility index (Phi) is 4.41. The summed E-state index contributed by atoms with van der Waals surface area (Å²) in [5, 5.41) is 0. The lowest BCUT2D eigenvalue weighted by Crippen LogP contribution is -2.52. The molecule has 0 bridgehead atoms. The van der Waals surface area contributed by atoms with E-state index in [9.17, 15) is 9.59 Å². The molecular formula is C17H20N4O2. The molecule has 1 aromatic carbocycles. The van der Waals surface area contributed by atoms with Gasteiger partial charge in [0.2, 0.25) is 11.8 Å². The van der Waals surface area contributed by atoms with Gasteiger partial charge in [0.1, 0.15) is 6.54 Å². The highest BCUT2D eigenvalue weighted by molar-refractivity contribution is 5.77. The zero-order valence-corrected chi connectivity index (χ0v) is 13.1. The van der Waals surface area contributed by atoms with Gasteiger partial charge in [0.25, 0.3) is 0 Å². The molecule has 1 saturated heterocycles. The van der Waals surface area contributed by atoms with Crippen LogP contribution in [0, 0.1) is 0 Å². The molecule has 120 valence electrons. The van der Waals surface area contributed by atoms with Crippen LogP contribution in [-0.2, 0) is 16.1 Å². The van der Waals surface area contributed by atoms with Crippen LogP contribution >= 0.6 is 0 Å². The van der Waals surface area contributed by atoms with Crippen LogP contribution in [0.25, 0.3) is 0 Å². The summed E-state index contributed by atoms with van der Waals surface area (Å²) in [5.74, 6) is 0.0905. The number of hydrogen-bond donors (Lipinski definition) is 0. The van der Waals surface area contributed by atoms with Crippen molar-refractivity contribution in [1.82, 2.24) is 19.4 Å². The van der Waals surface area contributed by atoms with Crippen molar-refractivity contribution >= 4 is 11.8 Å². The summed E-state index contributed by atoms with van der Waals surface area (Å²) >= 11 is 0. The molecule has 23 heavy (non-hydrogen) atoms. The van der Waals surface area contributed by atoms with Crippen LogP contribution in [0.4, 0.5) is 0 Å². The lowest BCUT2D eigenvalue weighted by atomic mass is 10.0. The largest absolute Gasteiger partial charge is 0.337 e. The smallest absolute Gasteiger partial charge is 0.242 e. The highest BCUT2D eigenvalue weighted by Crippen LogP contribution is 2.25. The van der Waals surface area contributed by atoms with Crippen LogP contribution in [-0.4, -0.2) is 50.8 Å². The van der Waals surface area contributed by atoms with Gasteiger partial charge in [0.15, 0.2) is 0 Å². The molecule has 3 rings (SSSR count). The zero-order valence-electron chi connectivity index (χ0n) is 13.1. The molecule has 0 N–H and O–H groups in total. The molecule has 2 heterocycles. The van der Waals surface area contributed by atoms with Crippen molar-refractivity contribution in [3.05, 3.63) is 54.6 Å². The van der Waals surface area contributed by atoms with Crippen molar-refractivity contribution in [2.24, 2.45) is 0 Å². The predicted molar refractivity (Wildman–Crippen MR) is 85.4 cm³/mol. The molecule has 1 unspecified atom stereocenters. The highest BCUT2D eigenvalue weighted by atomic mass is 16.2. The lowest BCUT2D eigenvalue weighted by Gasteiger charge is -2.41. The molecule has 6 heteroatoms. The number of amides is 2. The first kappa shape index (κ1) is 15.3. The Morgan fingerprint density at radius 1 is 1.22 bits per heavy atom. The number of nitrogens with zero attached hydrogens (tertiary/aromatic N) is 4. The molecule has 0 spiro atoms. The first-order chi connectivity index (χ1) is 11.1. The number of rotatable bonds is 3. The second-order valence-electron chi connectivity index (χ2n) is 5.71. The van der Waals surface area contributed by atoms with Crippen molar-refractivity contribution in [2.75, 3.05) is 19.6 Å². The average Bonchev–Trinajstić information content (AvgIpc) is 3.08. The van der Waals surface area contributed by atoms with Crippen molar-refractivity contribution < 1.29 is 9.59 Å². The average molecular weight is 312 g/mol. The summed E-state index contributed by atoms with van der Waals surface area (Å²) in [6.07, 6.45) is 5.07. The van der Waals surface area contributed by atoms with Gasteiger partial charge < -0.3 is 14.4 Å². The third-order valence-corrected chi connectivity index (χ3v) is 4.20. The van der Waals surface area contributed by atoms with Crippen molar-refractivity contribution in [2.45, 2.75) is 19.5 Å². The first-order valence-electron chi connectivity index (χ1n) is 7.71. The van der Waals surface area contributed by atoms with Crippen molar-refractivity contribution in [3.8, 4) is 0 Å². The molecule has 6 nitrogen and oxygen atoms in total. The van der Waals surface area contributed by atoms with Crippen LogP contribution in [0.3, 0.4) is 0 Å². The molecule has 0 saturated carbocycles. The molecule has 2 amide bonds. The molecule has 1 aliphatic rings. The summed E-state index contributed by atoms with van der Waals surface area (Å²) in [4.78, 5) is 32.0. The van der Waals surface area contributed by atoms with Crippen LogP contribution in [0.1, 0.15) is 18.5 Å². The Morgan fingerprint density at radius 3 is 2.65 bits per heavy atom. The van der Waals surface area contributed by atoms with Crippen LogP contribution < -0.4 is 0 Å². The molecule has 1 aliphatic heterocycles. The Bertz CT molecular complexity index is 669. The number of aromatic nitrogens is 2. The number of imidazole rings is 1. The van der Waals surface area contributed by atoms with Crippen molar-refractivity contribution in [3.63, 3.8) is 0 Å². The molecule has 1 atom stereocenters. The molecule has 0 aliphatic carbocycles. The van der Waals surface area contributed by atoms with Crippen LogP contribution in [0.5, 0.6) is 0 Å². The fourth-order valence-corrected chi connectivity index (χ4v) is 2.98. The summed E-state index contributed by atoms with van der Waals surface area (Å²) < 4.78 is 1.76. The van der Waals surface area contributed by atoms with Gasteiger partial charge in [-0.05, 0) is 5.56 Å². The Labute approximate surface area is 135 Å². The molecular weight excluding hydrogens is 292 g/mol. The SMILES string of the molecule is CC(=O)N1CCN(C(=O)Cn2ccnc2)CC1c1ccccc1. The topological polar surface area (TPSA) is 58.4 Å². The van der Waals surface area contributed by atoms with Crippen molar-refractivity contribution in [1.29, 1.82) is 0 Å². The van der Waals surface area contributed by atoms with E-state index in [1.54, 1.807) is 30.2 Å². The zero-order chi connectivity index (χ0) is 16.2. The molecule has 0 radical (unpaired) electrons. The number of piperazine rings is 1. The summed E-state index contributed by atoms with van der Waals surface area (Å²) in [5.41, 5.74) is 1.06. The van der Waals surface area contributed by atoms with Crippen LogP contribution in [0.15, 0.2) is 49.1 Å². The minimum atomic E-state index is -0.0887. The second-order valence-corrected chi connectivity index (χ2v) is 5.71. The highest BCUT2D eigenvalue weighted by Gasteiger charge is 2.31. The van der Waals surface area contributed by atoms with E-state index in [4.69, 9.17) is 0 Å². The minimum absolute atomic E-state index is 0.0422. The van der Waals surface area contributed by atoms with E-state index in [-0.39, 0.29) is 24.4 Å². The second kappa shape index (κ2) is 6.64. The molecule has 2 aromatic rings. The fourth-order valence-electron chi connectivity index (χ4n) is 2.98. The van der Waals surface area contributed by atoms with Gasteiger partial charge in [-0.2, -0.15) is 0 Å². The van der Waals surface area contributed by atoms with Gasteiger partial charge in [-0.3, -0.25) is 9.59 Å². The predicted octanol–water partition coefficient (Wildman–Crippen LogP) is 1.32. The van der Waals surface area contributed by atoms with Gasteiger partial charge in [0, 0.05) is 39.0 Å². The molecule has 1 fully saturated rings. The monoisotopic (exact) mass is 312 g/mol. The van der Waals surface area contributed by atoms with E-state index >= 15 is 0 Å². The van der Waals surface area contributed by atoms with E-state index in [0.717, 1.165) is 5.56 Å². The summed E-state index contributed by atoms with van der Waals surface area (Å²) in [7, 11) is 0. The van der Waals surface area contributed by atoms with E-state index in [0.29, 0.717) is 19.6 Å². The minimum Gasteiger partial charge on any atom is -0.337 e. The fraction of sp³-hybridized carbons (Fsp3) is 0.353. The van der Waals surface area contributed by atoms with Gasteiger partial charge in [0.05, 0.1) is 12.4 Å². The first-order valence-corrected chi connectivity index (χ1v) is 7.71. The summed E-state index contributed by atoms with van der Waals surface area (Å²) in [6, 6.07) is 9.79. The number of benzene rings is 1. The number of hydrogen-bond acceptors (Lipinski definition) is 3. The number of carbonyl (C=O) groups excluding carboxylic acids is 2. The normalized spacial score (nSPS) is 18.0. The third-order valence-electron chi connectivity index (χ3n) is 4.20. The lowest BCUT2D eigenvalue weighted by molar-refractivity contribution is -0.142. The quantitative estimate of drug-likeness (QED) is 0.859. The van der Waals surface area contributed by atoms with Gasteiger partial charge in [-0.15, -0.1) is 0 Å². The van der Waals surface area contributed by atoms with E-state index in [1.165, 1.54) is 0 Å². The van der Waals surface area contributed by atoms with Gasteiger partial charge in [-0.25, -0.2) is 4.98 Å². The standard InChI is InChI=1S/C17H20N4O2/c1-14(22)21-10-9-20(17(23)12-19-8-7-18-13-19)11-16(21)15-5-3-2-4-6-15/h2-8,13,16H,9-12H2,1H3. The Hall–Kier alpha value is -2.63. The Balaban J connectivity index is 1.75. The van der Waals surface area contributed by atoms with Gasteiger partial charge >= 0.3 is 0 Å². The van der Waals surface area contributed by atoms with Crippen LogP contribution in [0.2, 0.25) is 0 Å².